The van der Waals surface area contributed by atoms with Gasteiger partial charge in [0.25, 0.3) is 0 Å². The van der Waals surface area contributed by atoms with Crippen molar-refractivity contribution in [3.63, 3.8) is 0 Å². The third-order valence-electron chi connectivity index (χ3n) is 3.25. The third-order valence-corrected chi connectivity index (χ3v) is 3.25. The molecular weight excluding hydrogens is 276 g/mol. The first-order chi connectivity index (χ1) is 10.7. The number of aromatic nitrogens is 2. The Kier molecular flexibility index (Phi) is 5.89. The van der Waals surface area contributed by atoms with Crippen molar-refractivity contribution >= 4 is 17.5 Å². The highest BCUT2D eigenvalue weighted by molar-refractivity contribution is 5.89. The number of rotatable bonds is 7. The van der Waals surface area contributed by atoms with Crippen LogP contribution in [0.25, 0.3) is 0 Å². The summed E-state index contributed by atoms with van der Waals surface area (Å²) in [4.78, 5) is 11.6. The number of nitrogens with zero attached hydrogens (tertiary/aromatic N) is 2. The minimum atomic E-state index is -0.0170. The largest absolute Gasteiger partial charge is 0.365 e. The van der Waals surface area contributed by atoms with Gasteiger partial charge in [-0.25, -0.2) is 0 Å². The molecule has 0 saturated carbocycles. The fourth-order valence-electron chi connectivity index (χ4n) is 2.05. The summed E-state index contributed by atoms with van der Waals surface area (Å²) in [5.74, 6) is 1.16. The van der Waals surface area contributed by atoms with Crippen molar-refractivity contribution in [3.8, 4) is 0 Å². The van der Waals surface area contributed by atoms with E-state index in [-0.39, 0.29) is 5.91 Å². The Morgan fingerprint density at radius 1 is 1.14 bits per heavy atom. The molecule has 1 amide bonds. The van der Waals surface area contributed by atoms with Crippen molar-refractivity contribution in [1.82, 2.24) is 10.2 Å². The van der Waals surface area contributed by atoms with Crippen LogP contribution in [-0.2, 0) is 11.3 Å². The molecule has 116 valence electrons. The van der Waals surface area contributed by atoms with Crippen LogP contribution in [0.4, 0.5) is 11.6 Å². The summed E-state index contributed by atoms with van der Waals surface area (Å²) in [5.41, 5.74) is 2.43. The minimum Gasteiger partial charge on any atom is -0.365 e. The molecular formula is C17H22N4O. The lowest BCUT2D eigenvalue weighted by atomic mass is 10.1. The third kappa shape index (κ3) is 5.16. The molecule has 5 nitrogen and oxygen atoms in total. The molecule has 1 aromatic carbocycles. The molecule has 1 heterocycles. The molecule has 0 unspecified atom stereocenters. The van der Waals surface area contributed by atoms with E-state index in [4.69, 9.17) is 0 Å². The van der Waals surface area contributed by atoms with E-state index in [0.717, 1.165) is 12.8 Å². The van der Waals surface area contributed by atoms with Crippen LogP contribution in [0.1, 0.15) is 37.3 Å². The zero-order valence-electron chi connectivity index (χ0n) is 13.1. The van der Waals surface area contributed by atoms with Crippen LogP contribution >= 0.6 is 0 Å². The van der Waals surface area contributed by atoms with Gasteiger partial charge in [0.15, 0.2) is 5.82 Å². The van der Waals surface area contributed by atoms with Gasteiger partial charge in [-0.1, -0.05) is 43.2 Å². The van der Waals surface area contributed by atoms with Gasteiger partial charge < -0.3 is 10.6 Å². The maximum absolute atomic E-state index is 11.6. The predicted octanol–water partition coefficient (Wildman–Crippen LogP) is 3.53. The van der Waals surface area contributed by atoms with E-state index in [0.29, 0.717) is 24.6 Å². The first kappa shape index (κ1) is 15.9. The Labute approximate surface area is 131 Å². The molecule has 0 atom stereocenters. The maximum atomic E-state index is 11.6. The van der Waals surface area contributed by atoms with Crippen LogP contribution in [-0.4, -0.2) is 16.1 Å². The van der Waals surface area contributed by atoms with E-state index >= 15 is 0 Å². The number of hydrogen-bond acceptors (Lipinski definition) is 4. The molecule has 0 spiro atoms. The number of aryl methyl sites for hydroxylation is 1. The lowest BCUT2D eigenvalue weighted by Crippen LogP contribution is -2.13. The normalized spacial score (nSPS) is 10.3. The van der Waals surface area contributed by atoms with E-state index in [9.17, 15) is 4.79 Å². The monoisotopic (exact) mass is 298 g/mol. The Morgan fingerprint density at radius 2 is 1.91 bits per heavy atom. The second kappa shape index (κ2) is 8.12. The molecule has 0 radical (unpaired) electrons. The molecule has 2 rings (SSSR count). The van der Waals surface area contributed by atoms with Crippen LogP contribution < -0.4 is 10.6 Å². The fourth-order valence-corrected chi connectivity index (χ4v) is 2.05. The van der Waals surface area contributed by atoms with Crippen LogP contribution in [0, 0.1) is 6.92 Å². The number of benzene rings is 1. The van der Waals surface area contributed by atoms with Gasteiger partial charge in [-0.2, -0.15) is 0 Å². The highest BCUT2D eigenvalue weighted by atomic mass is 16.1. The summed E-state index contributed by atoms with van der Waals surface area (Å²) in [5, 5.41) is 14.0. The lowest BCUT2D eigenvalue weighted by Gasteiger charge is -2.07. The number of carbonyl (C=O) groups excluding carboxylic acids is 1. The average Bonchev–Trinajstić information content (AvgIpc) is 2.52. The summed E-state index contributed by atoms with van der Waals surface area (Å²) in [6.07, 6.45) is 2.40. The first-order valence-corrected chi connectivity index (χ1v) is 7.60. The van der Waals surface area contributed by atoms with E-state index in [2.05, 4.69) is 52.9 Å². The average molecular weight is 298 g/mol. The summed E-state index contributed by atoms with van der Waals surface area (Å²) < 4.78 is 0. The lowest BCUT2D eigenvalue weighted by molar-refractivity contribution is -0.116. The van der Waals surface area contributed by atoms with Gasteiger partial charge >= 0.3 is 0 Å². The van der Waals surface area contributed by atoms with Gasteiger partial charge in [0, 0.05) is 13.0 Å². The van der Waals surface area contributed by atoms with Crippen molar-refractivity contribution < 1.29 is 4.79 Å². The predicted molar refractivity (Wildman–Crippen MR) is 88.7 cm³/mol. The molecule has 5 heteroatoms. The topological polar surface area (TPSA) is 66.9 Å². The molecule has 0 fully saturated rings. The van der Waals surface area contributed by atoms with Crippen LogP contribution in [0.3, 0.4) is 0 Å². The molecule has 0 bridgehead atoms. The second-order valence-electron chi connectivity index (χ2n) is 5.30. The fraction of sp³-hybridized carbons (Fsp3) is 0.353. The van der Waals surface area contributed by atoms with Crippen molar-refractivity contribution in [1.29, 1.82) is 0 Å². The zero-order valence-corrected chi connectivity index (χ0v) is 13.1. The van der Waals surface area contributed by atoms with E-state index in [1.54, 1.807) is 6.07 Å². The Hall–Kier alpha value is -2.43. The number of hydrogen-bond donors (Lipinski definition) is 2. The number of anilines is 2. The van der Waals surface area contributed by atoms with E-state index in [1.165, 1.54) is 11.1 Å². The number of unbranched alkanes of at least 4 members (excludes halogenated alkanes) is 1. The maximum Gasteiger partial charge on any atom is 0.225 e. The quantitative estimate of drug-likeness (QED) is 0.820. The Morgan fingerprint density at radius 3 is 2.59 bits per heavy atom. The highest BCUT2D eigenvalue weighted by Crippen LogP contribution is 2.10. The number of carbonyl (C=O) groups is 1. The van der Waals surface area contributed by atoms with Crippen molar-refractivity contribution in [2.45, 2.75) is 39.7 Å². The smallest absolute Gasteiger partial charge is 0.225 e. The standard InChI is InChI=1S/C17H22N4O/c1-3-4-8-17(22)19-16-10-9-15(20-21-16)18-12-14-7-5-6-13(2)11-14/h5-7,9-11H,3-4,8,12H2,1-2H3,(H,18,20)(H,19,21,22). The zero-order chi connectivity index (χ0) is 15.8. The minimum absolute atomic E-state index is 0.0170. The molecule has 0 aliphatic carbocycles. The molecule has 0 aliphatic heterocycles. The molecule has 2 aromatic rings. The highest BCUT2D eigenvalue weighted by Gasteiger charge is 2.03. The summed E-state index contributed by atoms with van der Waals surface area (Å²) in [6, 6.07) is 11.9. The Balaban J connectivity index is 1.85. The first-order valence-electron chi connectivity index (χ1n) is 7.60. The molecule has 2 N–H and O–H groups in total. The van der Waals surface area contributed by atoms with Crippen molar-refractivity contribution in [3.05, 3.63) is 47.5 Å². The molecule has 0 saturated heterocycles. The van der Waals surface area contributed by atoms with Crippen LogP contribution in [0.2, 0.25) is 0 Å². The van der Waals surface area contributed by atoms with Gasteiger partial charge in [0.05, 0.1) is 0 Å². The SMILES string of the molecule is CCCCC(=O)Nc1ccc(NCc2cccc(C)c2)nn1. The Bertz CT molecular complexity index is 610. The molecule has 1 aromatic heterocycles. The van der Waals surface area contributed by atoms with E-state index in [1.807, 2.05) is 12.1 Å². The van der Waals surface area contributed by atoms with Gasteiger partial charge in [0.2, 0.25) is 5.91 Å². The molecule has 22 heavy (non-hydrogen) atoms. The molecule has 0 aliphatic rings. The van der Waals surface area contributed by atoms with Gasteiger partial charge in [-0.15, -0.1) is 10.2 Å². The van der Waals surface area contributed by atoms with Crippen molar-refractivity contribution in [2.75, 3.05) is 10.6 Å². The number of nitrogens with one attached hydrogen (secondary N) is 2. The van der Waals surface area contributed by atoms with E-state index < -0.39 is 0 Å². The van der Waals surface area contributed by atoms with Crippen molar-refractivity contribution in [2.24, 2.45) is 0 Å². The van der Waals surface area contributed by atoms with Crippen LogP contribution in [0.15, 0.2) is 36.4 Å². The van der Waals surface area contributed by atoms with Crippen LogP contribution in [0.5, 0.6) is 0 Å². The summed E-state index contributed by atoms with van der Waals surface area (Å²) >= 11 is 0. The van der Waals surface area contributed by atoms with Gasteiger partial charge in [0.1, 0.15) is 5.82 Å². The van der Waals surface area contributed by atoms with Gasteiger partial charge in [-0.05, 0) is 31.0 Å². The van der Waals surface area contributed by atoms with Gasteiger partial charge in [-0.3, -0.25) is 4.79 Å². The summed E-state index contributed by atoms with van der Waals surface area (Å²) in [7, 11) is 0. The second-order valence-corrected chi connectivity index (χ2v) is 5.30. The summed E-state index contributed by atoms with van der Waals surface area (Å²) in [6.45, 7) is 4.82. The number of amides is 1.